The Labute approximate surface area is 163 Å². The van der Waals surface area contributed by atoms with Gasteiger partial charge in [0.1, 0.15) is 0 Å². The van der Waals surface area contributed by atoms with Gasteiger partial charge in [0, 0.05) is 0 Å². The van der Waals surface area contributed by atoms with E-state index in [1.54, 1.807) is 0 Å². The molecule has 0 atom stereocenters. The summed E-state index contributed by atoms with van der Waals surface area (Å²) in [7, 11) is 0. The second-order valence-corrected chi connectivity index (χ2v) is 7.16. The number of hydrogen-bond acceptors (Lipinski definition) is 1. The van der Waals surface area contributed by atoms with Gasteiger partial charge in [-0.15, -0.1) is 0 Å². The first-order valence-electron chi connectivity index (χ1n) is 9.96. The van der Waals surface area contributed by atoms with E-state index in [0.29, 0.717) is 5.56 Å². The highest BCUT2D eigenvalue weighted by Gasteiger charge is 2.01. The predicted octanol–water partition coefficient (Wildman–Crippen LogP) is 6.74. The van der Waals surface area contributed by atoms with Gasteiger partial charge in [-0.3, -0.25) is 0 Å². The van der Waals surface area contributed by atoms with Crippen LogP contribution < -0.4 is 0 Å². The van der Waals surface area contributed by atoms with E-state index in [9.17, 15) is 0 Å². The molecule has 0 saturated heterocycles. The molecule has 3 rings (SSSR count). The molecular formula is C26H27N. The van der Waals surface area contributed by atoms with Crippen LogP contribution in [0, 0.1) is 11.3 Å². The number of unbranched alkanes of at least 4 members (excludes halogenated alkanes) is 2. The molecule has 3 aromatic rings. The molecular weight excluding hydrogens is 326 g/mol. The van der Waals surface area contributed by atoms with E-state index in [4.69, 9.17) is 5.26 Å². The lowest BCUT2D eigenvalue weighted by atomic mass is 9.99. The summed E-state index contributed by atoms with van der Waals surface area (Å²) < 4.78 is 0. The van der Waals surface area contributed by atoms with Gasteiger partial charge in [-0.25, -0.2) is 0 Å². The van der Waals surface area contributed by atoms with Gasteiger partial charge in [-0.2, -0.15) is 5.26 Å². The van der Waals surface area contributed by atoms with Crippen molar-refractivity contribution in [1.29, 1.82) is 5.26 Å². The molecule has 0 aliphatic rings. The number of rotatable bonds is 8. The third-order valence-corrected chi connectivity index (χ3v) is 5.10. The highest BCUT2D eigenvalue weighted by molar-refractivity contribution is 5.64. The molecule has 0 saturated carbocycles. The van der Waals surface area contributed by atoms with E-state index in [2.05, 4.69) is 61.5 Å². The van der Waals surface area contributed by atoms with E-state index < -0.39 is 0 Å². The molecule has 0 fully saturated rings. The van der Waals surface area contributed by atoms with Crippen molar-refractivity contribution >= 4 is 0 Å². The van der Waals surface area contributed by atoms with Crippen LogP contribution in [0.15, 0.2) is 72.8 Å². The third-order valence-electron chi connectivity index (χ3n) is 5.10. The lowest BCUT2D eigenvalue weighted by molar-refractivity contribution is 0.717. The predicted molar refractivity (Wildman–Crippen MR) is 114 cm³/mol. The Hall–Kier alpha value is -2.85. The van der Waals surface area contributed by atoms with Gasteiger partial charge in [0.15, 0.2) is 0 Å². The lowest BCUT2D eigenvalue weighted by Crippen LogP contribution is -1.93. The maximum Gasteiger partial charge on any atom is 0.0991 e. The molecule has 0 amide bonds. The molecule has 0 radical (unpaired) electrons. The summed E-state index contributed by atoms with van der Waals surface area (Å²) in [6.07, 6.45) is 7.23. The van der Waals surface area contributed by atoms with Crippen molar-refractivity contribution in [3.63, 3.8) is 0 Å². The van der Waals surface area contributed by atoms with Crippen molar-refractivity contribution in [2.24, 2.45) is 0 Å². The zero-order valence-corrected chi connectivity index (χ0v) is 16.1. The van der Waals surface area contributed by atoms with Crippen molar-refractivity contribution in [2.75, 3.05) is 0 Å². The van der Waals surface area contributed by atoms with Crippen LogP contribution in [-0.4, -0.2) is 0 Å². The van der Waals surface area contributed by atoms with E-state index >= 15 is 0 Å². The number of hydrogen-bond donors (Lipinski definition) is 0. The molecule has 1 heteroatoms. The van der Waals surface area contributed by atoms with E-state index in [0.717, 1.165) is 18.4 Å². The molecule has 136 valence electrons. The van der Waals surface area contributed by atoms with Gasteiger partial charge in [0.05, 0.1) is 11.6 Å². The highest BCUT2D eigenvalue weighted by atomic mass is 14.2. The summed E-state index contributed by atoms with van der Waals surface area (Å²) in [5, 5.41) is 8.90. The molecule has 0 unspecified atom stereocenters. The van der Waals surface area contributed by atoms with Crippen LogP contribution in [0.3, 0.4) is 0 Å². The fraction of sp³-hybridized carbons (Fsp3) is 0.269. The van der Waals surface area contributed by atoms with Gasteiger partial charge in [-0.05, 0) is 65.6 Å². The molecule has 3 aromatic carbocycles. The summed E-state index contributed by atoms with van der Waals surface area (Å²) in [6, 6.07) is 27.9. The zero-order valence-electron chi connectivity index (χ0n) is 16.1. The van der Waals surface area contributed by atoms with Crippen LogP contribution in [0.4, 0.5) is 0 Å². The molecule has 1 nitrogen and oxygen atoms in total. The number of benzene rings is 3. The summed E-state index contributed by atoms with van der Waals surface area (Å²) >= 11 is 0. The Balaban J connectivity index is 1.54. The Bertz CT molecular complexity index is 865. The summed E-state index contributed by atoms with van der Waals surface area (Å²) in [4.78, 5) is 0. The molecule has 0 N–H and O–H groups in total. The summed E-state index contributed by atoms with van der Waals surface area (Å²) in [5.74, 6) is 0. The number of aryl methyl sites for hydroxylation is 3. The molecule has 0 aliphatic heterocycles. The molecule has 0 aromatic heterocycles. The fourth-order valence-corrected chi connectivity index (χ4v) is 3.34. The van der Waals surface area contributed by atoms with Gasteiger partial charge < -0.3 is 0 Å². The molecule has 0 bridgehead atoms. The SMILES string of the molecule is CCCCCc1ccc(CCc2ccc(-c3ccc(C#N)cc3)cc2)cc1. The average molecular weight is 354 g/mol. The molecule has 0 spiro atoms. The van der Waals surface area contributed by atoms with Gasteiger partial charge in [-0.1, -0.05) is 80.4 Å². The topological polar surface area (TPSA) is 23.8 Å². The number of nitrogens with zero attached hydrogens (tertiary/aromatic N) is 1. The minimum absolute atomic E-state index is 0.701. The van der Waals surface area contributed by atoms with Gasteiger partial charge in [0.2, 0.25) is 0 Å². The van der Waals surface area contributed by atoms with Gasteiger partial charge in [0.25, 0.3) is 0 Å². The second-order valence-electron chi connectivity index (χ2n) is 7.16. The lowest BCUT2D eigenvalue weighted by Gasteiger charge is -2.06. The van der Waals surface area contributed by atoms with Crippen LogP contribution in [0.5, 0.6) is 0 Å². The van der Waals surface area contributed by atoms with Crippen LogP contribution in [0.25, 0.3) is 11.1 Å². The van der Waals surface area contributed by atoms with Crippen molar-refractivity contribution in [3.05, 3.63) is 95.1 Å². The smallest absolute Gasteiger partial charge is 0.0991 e. The van der Waals surface area contributed by atoms with Crippen LogP contribution in [0.2, 0.25) is 0 Å². The first-order chi connectivity index (χ1) is 13.3. The first-order valence-corrected chi connectivity index (χ1v) is 9.96. The van der Waals surface area contributed by atoms with Crippen LogP contribution in [0.1, 0.15) is 48.4 Å². The monoisotopic (exact) mass is 353 g/mol. The molecule has 0 aliphatic carbocycles. The first kappa shape index (κ1) is 18.9. The normalized spacial score (nSPS) is 10.5. The largest absolute Gasteiger partial charge is 0.192 e. The van der Waals surface area contributed by atoms with Crippen molar-refractivity contribution in [3.8, 4) is 17.2 Å². The minimum Gasteiger partial charge on any atom is -0.192 e. The maximum absolute atomic E-state index is 8.90. The van der Waals surface area contributed by atoms with Crippen LogP contribution >= 0.6 is 0 Å². The van der Waals surface area contributed by atoms with Crippen LogP contribution in [-0.2, 0) is 19.3 Å². The standard InChI is InChI=1S/C26H27N/c1-2-3-4-5-21-6-8-22(9-7-21)10-11-23-12-16-25(17-13-23)26-18-14-24(20-27)15-19-26/h6-9,12-19H,2-5,10-11H2,1H3. The molecule has 0 heterocycles. The van der Waals surface area contributed by atoms with Crippen molar-refractivity contribution in [1.82, 2.24) is 0 Å². The fourth-order valence-electron chi connectivity index (χ4n) is 3.34. The Morgan fingerprint density at radius 3 is 1.52 bits per heavy atom. The Kier molecular flexibility index (Phi) is 6.83. The molecule has 27 heavy (non-hydrogen) atoms. The second kappa shape index (κ2) is 9.74. The third kappa shape index (κ3) is 5.56. The van der Waals surface area contributed by atoms with Crippen molar-refractivity contribution in [2.45, 2.75) is 45.4 Å². The van der Waals surface area contributed by atoms with E-state index in [1.807, 2.05) is 24.3 Å². The Morgan fingerprint density at radius 1 is 0.593 bits per heavy atom. The van der Waals surface area contributed by atoms with E-state index in [1.165, 1.54) is 47.9 Å². The minimum atomic E-state index is 0.701. The van der Waals surface area contributed by atoms with E-state index in [-0.39, 0.29) is 0 Å². The maximum atomic E-state index is 8.90. The zero-order chi connectivity index (χ0) is 18.9. The Morgan fingerprint density at radius 2 is 1.04 bits per heavy atom. The number of nitriles is 1. The summed E-state index contributed by atoms with van der Waals surface area (Å²) in [5.41, 5.74) is 7.27. The van der Waals surface area contributed by atoms with Crippen molar-refractivity contribution < 1.29 is 0 Å². The highest BCUT2D eigenvalue weighted by Crippen LogP contribution is 2.21. The van der Waals surface area contributed by atoms with Gasteiger partial charge >= 0.3 is 0 Å². The quantitative estimate of drug-likeness (QED) is 0.411. The average Bonchev–Trinajstić information content (AvgIpc) is 2.74. The summed E-state index contributed by atoms with van der Waals surface area (Å²) in [6.45, 7) is 2.25.